The van der Waals surface area contributed by atoms with E-state index in [1.54, 1.807) is 25.4 Å². The molecule has 0 spiro atoms. The van der Waals surface area contributed by atoms with Crippen LogP contribution in [-0.4, -0.2) is 24.6 Å². The maximum absolute atomic E-state index is 11.4. The highest BCUT2D eigenvalue weighted by molar-refractivity contribution is 6.29. The maximum Gasteiger partial charge on any atom is 0.224 e. The summed E-state index contributed by atoms with van der Waals surface area (Å²) in [7, 11) is 1.61. The molecule has 0 atom stereocenters. The predicted octanol–water partition coefficient (Wildman–Crippen LogP) is 2.10. The highest BCUT2D eigenvalue weighted by Gasteiger charge is 2.02. The van der Waals surface area contributed by atoms with E-state index in [4.69, 9.17) is 16.3 Å². The highest BCUT2D eigenvalue weighted by atomic mass is 35.5. The Labute approximate surface area is 93.6 Å². The van der Waals surface area contributed by atoms with Gasteiger partial charge in [-0.25, -0.2) is 4.98 Å². The number of carbonyl (C=O) groups is 1. The number of anilines is 1. The SMILES string of the molecule is COCCCC(=O)Nc1ccnc(Cl)c1. The van der Waals surface area contributed by atoms with Crippen LogP contribution in [0.1, 0.15) is 12.8 Å². The summed E-state index contributed by atoms with van der Waals surface area (Å²) in [6.07, 6.45) is 2.70. The lowest BCUT2D eigenvalue weighted by Gasteiger charge is -2.04. The number of nitrogens with zero attached hydrogens (tertiary/aromatic N) is 1. The summed E-state index contributed by atoms with van der Waals surface area (Å²) in [6.45, 7) is 0.588. The van der Waals surface area contributed by atoms with Gasteiger partial charge in [0.25, 0.3) is 0 Å². The zero-order valence-electron chi connectivity index (χ0n) is 8.50. The fourth-order valence-electron chi connectivity index (χ4n) is 1.08. The van der Waals surface area contributed by atoms with E-state index in [1.807, 2.05) is 0 Å². The van der Waals surface area contributed by atoms with Gasteiger partial charge in [0, 0.05) is 32.0 Å². The number of hydrogen-bond donors (Lipinski definition) is 1. The zero-order chi connectivity index (χ0) is 11.1. The number of pyridine rings is 1. The molecule has 0 bridgehead atoms. The molecule has 1 aromatic heterocycles. The van der Waals surface area contributed by atoms with Crippen LogP contribution in [0.25, 0.3) is 0 Å². The molecule has 1 aromatic rings. The van der Waals surface area contributed by atoms with E-state index in [9.17, 15) is 4.79 Å². The summed E-state index contributed by atoms with van der Waals surface area (Å²) >= 11 is 5.67. The monoisotopic (exact) mass is 228 g/mol. The third kappa shape index (κ3) is 4.76. The van der Waals surface area contributed by atoms with Gasteiger partial charge in [-0.1, -0.05) is 11.6 Å². The van der Waals surface area contributed by atoms with Crippen LogP contribution in [0.5, 0.6) is 0 Å². The molecule has 82 valence electrons. The summed E-state index contributed by atoms with van der Waals surface area (Å²) in [5.74, 6) is -0.0469. The number of methoxy groups -OCH3 is 1. The minimum absolute atomic E-state index is 0.0469. The van der Waals surface area contributed by atoms with E-state index in [1.165, 1.54) is 0 Å². The lowest BCUT2D eigenvalue weighted by molar-refractivity contribution is -0.116. The molecule has 0 unspecified atom stereocenters. The Bertz CT molecular complexity index is 331. The van der Waals surface area contributed by atoms with Gasteiger partial charge in [0.2, 0.25) is 5.91 Å². The molecule has 15 heavy (non-hydrogen) atoms. The van der Waals surface area contributed by atoms with Crippen LogP contribution in [0.2, 0.25) is 5.15 Å². The third-order valence-electron chi connectivity index (χ3n) is 1.76. The van der Waals surface area contributed by atoms with Crippen molar-refractivity contribution < 1.29 is 9.53 Å². The number of halogens is 1. The molecular formula is C10H13ClN2O2. The highest BCUT2D eigenvalue weighted by Crippen LogP contribution is 2.12. The Kier molecular flexibility index (Phi) is 5.07. The average molecular weight is 229 g/mol. The molecule has 4 nitrogen and oxygen atoms in total. The standard InChI is InChI=1S/C10H13ClN2O2/c1-15-6-2-3-10(14)13-8-4-5-12-9(11)7-8/h4-5,7H,2-3,6H2,1H3,(H,12,13,14). The molecule has 1 N–H and O–H groups in total. The van der Waals surface area contributed by atoms with E-state index in [-0.39, 0.29) is 5.91 Å². The molecule has 0 aliphatic heterocycles. The van der Waals surface area contributed by atoms with Gasteiger partial charge in [-0.05, 0) is 18.6 Å². The van der Waals surface area contributed by atoms with Crippen LogP contribution in [0.4, 0.5) is 5.69 Å². The fraction of sp³-hybridized carbons (Fsp3) is 0.400. The quantitative estimate of drug-likeness (QED) is 0.620. The van der Waals surface area contributed by atoms with Crippen molar-refractivity contribution in [2.24, 2.45) is 0 Å². The topological polar surface area (TPSA) is 51.2 Å². The molecule has 0 aromatic carbocycles. The molecule has 0 fully saturated rings. The molecule has 0 saturated heterocycles. The van der Waals surface area contributed by atoms with Gasteiger partial charge in [-0.3, -0.25) is 4.79 Å². The Hall–Kier alpha value is -1.13. The second-order valence-corrected chi connectivity index (χ2v) is 3.40. The molecular weight excluding hydrogens is 216 g/mol. The van der Waals surface area contributed by atoms with Crippen molar-refractivity contribution in [1.82, 2.24) is 4.98 Å². The van der Waals surface area contributed by atoms with Gasteiger partial charge in [-0.15, -0.1) is 0 Å². The average Bonchev–Trinajstić information content (AvgIpc) is 2.18. The largest absolute Gasteiger partial charge is 0.385 e. The van der Waals surface area contributed by atoms with E-state index in [0.29, 0.717) is 30.3 Å². The van der Waals surface area contributed by atoms with Crippen LogP contribution in [-0.2, 0) is 9.53 Å². The van der Waals surface area contributed by atoms with Gasteiger partial charge >= 0.3 is 0 Å². The number of hydrogen-bond acceptors (Lipinski definition) is 3. The third-order valence-corrected chi connectivity index (χ3v) is 1.97. The second kappa shape index (κ2) is 6.37. The summed E-state index contributed by atoms with van der Waals surface area (Å²) in [5.41, 5.74) is 0.664. The number of aromatic nitrogens is 1. The molecule has 1 rings (SSSR count). The summed E-state index contributed by atoms with van der Waals surface area (Å²) in [5, 5.41) is 3.09. The molecule has 0 aliphatic rings. The van der Waals surface area contributed by atoms with E-state index in [0.717, 1.165) is 0 Å². The number of carbonyl (C=O) groups excluding carboxylic acids is 1. The second-order valence-electron chi connectivity index (χ2n) is 3.01. The van der Waals surface area contributed by atoms with Gasteiger partial charge in [0.05, 0.1) is 0 Å². The molecule has 5 heteroatoms. The van der Waals surface area contributed by atoms with Crippen molar-refractivity contribution in [2.45, 2.75) is 12.8 Å². The lowest BCUT2D eigenvalue weighted by Crippen LogP contribution is -2.12. The summed E-state index contributed by atoms with van der Waals surface area (Å²) in [4.78, 5) is 15.2. The van der Waals surface area contributed by atoms with Gasteiger partial charge in [0.1, 0.15) is 5.15 Å². The normalized spacial score (nSPS) is 10.0. The number of nitrogens with one attached hydrogen (secondary N) is 1. The van der Waals surface area contributed by atoms with E-state index < -0.39 is 0 Å². The molecule has 0 aliphatic carbocycles. The van der Waals surface area contributed by atoms with Crippen molar-refractivity contribution in [3.8, 4) is 0 Å². The Morgan fingerprint density at radius 3 is 3.13 bits per heavy atom. The van der Waals surface area contributed by atoms with Crippen molar-refractivity contribution in [2.75, 3.05) is 19.0 Å². The van der Waals surface area contributed by atoms with Gasteiger partial charge in [0.15, 0.2) is 0 Å². The number of ether oxygens (including phenoxy) is 1. The van der Waals surface area contributed by atoms with Crippen LogP contribution in [0.3, 0.4) is 0 Å². The van der Waals surface area contributed by atoms with Crippen molar-refractivity contribution in [3.05, 3.63) is 23.5 Å². The molecule has 0 radical (unpaired) electrons. The van der Waals surface area contributed by atoms with Crippen molar-refractivity contribution in [1.29, 1.82) is 0 Å². The Morgan fingerprint density at radius 1 is 1.67 bits per heavy atom. The molecule has 1 amide bonds. The van der Waals surface area contributed by atoms with Gasteiger partial charge in [-0.2, -0.15) is 0 Å². The van der Waals surface area contributed by atoms with E-state index >= 15 is 0 Å². The smallest absolute Gasteiger partial charge is 0.224 e. The number of rotatable bonds is 5. The van der Waals surface area contributed by atoms with E-state index in [2.05, 4.69) is 10.3 Å². The van der Waals surface area contributed by atoms with Crippen molar-refractivity contribution >= 4 is 23.2 Å². The minimum atomic E-state index is -0.0469. The number of amides is 1. The Balaban J connectivity index is 2.37. The summed E-state index contributed by atoms with van der Waals surface area (Å²) < 4.78 is 4.85. The lowest BCUT2D eigenvalue weighted by atomic mass is 10.3. The zero-order valence-corrected chi connectivity index (χ0v) is 9.25. The van der Waals surface area contributed by atoms with Crippen LogP contribution >= 0.6 is 11.6 Å². The van der Waals surface area contributed by atoms with Crippen molar-refractivity contribution in [3.63, 3.8) is 0 Å². The Morgan fingerprint density at radius 2 is 2.47 bits per heavy atom. The van der Waals surface area contributed by atoms with Crippen LogP contribution < -0.4 is 5.32 Å². The first-order chi connectivity index (χ1) is 7.22. The van der Waals surface area contributed by atoms with Crippen LogP contribution in [0.15, 0.2) is 18.3 Å². The fourth-order valence-corrected chi connectivity index (χ4v) is 1.25. The first kappa shape index (κ1) is 11.9. The molecule has 1 heterocycles. The maximum atomic E-state index is 11.4. The first-order valence-electron chi connectivity index (χ1n) is 4.62. The van der Waals surface area contributed by atoms with Crippen LogP contribution in [0, 0.1) is 0 Å². The molecule has 0 saturated carbocycles. The first-order valence-corrected chi connectivity index (χ1v) is 5.00. The van der Waals surface area contributed by atoms with Gasteiger partial charge < -0.3 is 10.1 Å². The summed E-state index contributed by atoms with van der Waals surface area (Å²) in [6, 6.07) is 3.30. The minimum Gasteiger partial charge on any atom is -0.385 e. The predicted molar refractivity (Wildman–Crippen MR) is 59.0 cm³/mol.